The molecular weight excluding hydrogens is 308 g/mol. The lowest BCUT2D eigenvalue weighted by molar-refractivity contribution is -0.133. The normalized spacial score (nSPS) is 15.4. The van der Waals surface area contributed by atoms with Gasteiger partial charge in [-0.05, 0) is 36.8 Å². The average Bonchev–Trinajstić information content (AvgIpc) is 2.82. The number of rotatable bonds is 5. The monoisotopic (exact) mass is 334 g/mol. The van der Waals surface area contributed by atoms with Gasteiger partial charge in [-0.1, -0.05) is 19.1 Å². The van der Waals surface area contributed by atoms with Crippen molar-refractivity contribution >= 4 is 23.6 Å². The molecule has 0 atom stereocenters. The lowest BCUT2D eigenvalue weighted by atomic mass is 10.1. The fourth-order valence-electron chi connectivity index (χ4n) is 2.82. The van der Waals surface area contributed by atoms with Crippen molar-refractivity contribution in [1.82, 2.24) is 9.80 Å². The molecule has 2 rings (SSSR count). The smallest absolute Gasteiger partial charge is 0.227 e. The molecule has 0 aromatic heterocycles. The number of carbonyl (C=O) groups excluding carboxylic acids is 2. The van der Waals surface area contributed by atoms with E-state index < -0.39 is 0 Å². The van der Waals surface area contributed by atoms with Crippen molar-refractivity contribution < 1.29 is 9.59 Å². The maximum atomic E-state index is 12.5. The van der Waals surface area contributed by atoms with Crippen LogP contribution in [0.3, 0.4) is 0 Å². The SMILES string of the molecule is CCCC(=O)N1CCCN(C(=O)Cc2ccc(SC)cc2)CC1. The Morgan fingerprint density at radius 2 is 1.61 bits per heavy atom. The molecule has 23 heavy (non-hydrogen) atoms. The fourth-order valence-corrected chi connectivity index (χ4v) is 3.23. The molecule has 1 aliphatic rings. The van der Waals surface area contributed by atoms with E-state index in [9.17, 15) is 9.59 Å². The van der Waals surface area contributed by atoms with Gasteiger partial charge < -0.3 is 9.80 Å². The molecule has 1 saturated heterocycles. The molecule has 0 radical (unpaired) electrons. The summed E-state index contributed by atoms with van der Waals surface area (Å²) in [5, 5.41) is 0. The highest BCUT2D eigenvalue weighted by molar-refractivity contribution is 7.98. The van der Waals surface area contributed by atoms with Gasteiger partial charge in [0.05, 0.1) is 6.42 Å². The van der Waals surface area contributed by atoms with Gasteiger partial charge in [0.25, 0.3) is 0 Å². The van der Waals surface area contributed by atoms with Crippen LogP contribution in [-0.2, 0) is 16.0 Å². The van der Waals surface area contributed by atoms with Crippen LogP contribution < -0.4 is 0 Å². The molecule has 2 amide bonds. The number of hydrogen-bond acceptors (Lipinski definition) is 3. The van der Waals surface area contributed by atoms with Crippen LogP contribution in [0.5, 0.6) is 0 Å². The Morgan fingerprint density at radius 1 is 1.00 bits per heavy atom. The third-order valence-electron chi connectivity index (χ3n) is 4.18. The molecule has 1 aromatic rings. The van der Waals surface area contributed by atoms with Gasteiger partial charge in [0.2, 0.25) is 11.8 Å². The maximum absolute atomic E-state index is 12.5. The van der Waals surface area contributed by atoms with E-state index in [-0.39, 0.29) is 11.8 Å². The van der Waals surface area contributed by atoms with E-state index in [0.717, 1.165) is 31.5 Å². The number of carbonyl (C=O) groups is 2. The number of benzene rings is 1. The molecule has 0 aliphatic carbocycles. The number of thioether (sulfide) groups is 1. The summed E-state index contributed by atoms with van der Waals surface area (Å²) >= 11 is 1.70. The molecule has 4 nitrogen and oxygen atoms in total. The summed E-state index contributed by atoms with van der Waals surface area (Å²) in [5.74, 6) is 0.376. The van der Waals surface area contributed by atoms with E-state index in [1.165, 1.54) is 4.90 Å². The number of hydrogen-bond donors (Lipinski definition) is 0. The van der Waals surface area contributed by atoms with Crippen molar-refractivity contribution in [2.24, 2.45) is 0 Å². The van der Waals surface area contributed by atoms with Crippen molar-refractivity contribution in [1.29, 1.82) is 0 Å². The third-order valence-corrected chi connectivity index (χ3v) is 4.92. The maximum Gasteiger partial charge on any atom is 0.227 e. The summed E-state index contributed by atoms with van der Waals surface area (Å²) in [6, 6.07) is 8.17. The van der Waals surface area contributed by atoms with Gasteiger partial charge in [0, 0.05) is 37.5 Å². The molecular formula is C18H26N2O2S. The Bertz CT molecular complexity index is 530. The first kappa shape index (κ1) is 17.9. The zero-order chi connectivity index (χ0) is 16.7. The quantitative estimate of drug-likeness (QED) is 0.778. The lowest BCUT2D eigenvalue weighted by Crippen LogP contribution is -2.37. The molecule has 5 heteroatoms. The number of nitrogens with zero attached hydrogens (tertiary/aromatic N) is 2. The van der Waals surface area contributed by atoms with Crippen LogP contribution >= 0.6 is 11.8 Å². The molecule has 126 valence electrons. The summed E-state index contributed by atoms with van der Waals surface area (Å²) in [6.07, 6.45) is 4.84. The Balaban J connectivity index is 1.88. The molecule has 0 unspecified atom stereocenters. The fraction of sp³-hybridized carbons (Fsp3) is 0.556. The van der Waals surface area contributed by atoms with Gasteiger partial charge in [-0.2, -0.15) is 0 Å². The van der Waals surface area contributed by atoms with Gasteiger partial charge in [-0.15, -0.1) is 11.8 Å². The van der Waals surface area contributed by atoms with Crippen LogP contribution in [0.1, 0.15) is 31.7 Å². The molecule has 1 aromatic carbocycles. The second kappa shape index (κ2) is 8.96. The van der Waals surface area contributed by atoms with Gasteiger partial charge in [0.15, 0.2) is 0 Å². The highest BCUT2D eigenvalue weighted by atomic mass is 32.2. The predicted molar refractivity (Wildman–Crippen MR) is 94.6 cm³/mol. The second-order valence-corrected chi connectivity index (χ2v) is 6.77. The van der Waals surface area contributed by atoms with Crippen LogP contribution in [0, 0.1) is 0 Å². The molecule has 1 heterocycles. The van der Waals surface area contributed by atoms with Crippen LogP contribution in [0.2, 0.25) is 0 Å². The van der Waals surface area contributed by atoms with Gasteiger partial charge >= 0.3 is 0 Å². The Morgan fingerprint density at radius 3 is 2.17 bits per heavy atom. The molecule has 0 N–H and O–H groups in total. The Kier molecular flexibility index (Phi) is 6.96. The van der Waals surface area contributed by atoms with Crippen molar-refractivity contribution in [3.05, 3.63) is 29.8 Å². The third kappa shape index (κ3) is 5.27. The van der Waals surface area contributed by atoms with Gasteiger partial charge in [-0.25, -0.2) is 0 Å². The zero-order valence-corrected chi connectivity index (χ0v) is 14.9. The first-order valence-corrected chi connectivity index (χ1v) is 9.55. The highest BCUT2D eigenvalue weighted by Crippen LogP contribution is 2.16. The minimum atomic E-state index is 0.159. The summed E-state index contributed by atoms with van der Waals surface area (Å²) in [6.45, 7) is 4.85. The average molecular weight is 334 g/mol. The summed E-state index contributed by atoms with van der Waals surface area (Å²) in [7, 11) is 0. The van der Waals surface area contributed by atoms with E-state index in [1.54, 1.807) is 11.8 Å². The van der Waals surface area contributed by atoms with E-state index in [2.05, 4.69) is 12.1 Å². The van der Waals surface area contributed by atoms with E-state index in [0.29, 0.717) is 25.9 Å². The van der Waals surface area contributed by atoms with Crippen molar-refractivity contribution in [3.8, 4) is 0 Å². The standard InChI is InChI=1S/C18H26N2O2S/c1-3-5-17(21)19-10-4-11-20(13-12-19)18(22)14-15-6-8-16(23-2)9-7-15/h6-9H,3-5,10-14H2,1-2H3. The zero-order valence-electron chi connectivity index (χ0n) is 14.1. The second-order valence-electron chi connectivity index (χ2n) is 5.89. The molecule has 1 fully saturated rings. The van der Waals surface area contributed by atoms with Crippen LogP contribution in [-0.4, -0.2) is 54.0 Å². The van der Waals surface area contributed by atoms with E-state index in [4.69, 9.17) is 0 Å². The molecule has 1 aliphatic heterocycles. The summed E-state index contributed by atoms with van der Waals surface area (Å²) in [5.41, 5.74) is 1.05. The van der Waals surface area contributed by atoms with Crippen molar-refractivity contribution in [2.75, 3.05) is 32.4 Å². The minimum Gasteiger partial charge on any atom is -0.341 e. The largest absolute Gasteiger partial charge is 0.341 e. The molecule has 0 saturated carbocycles. The van der Waals surface area contributed by atoms with Crippen molar-refractivity contribution in [3.63, 3.8) is 0 Å². The first-order chi connectivity index (χ1) is 11.1. The first-order valence-electron chi connectivity index (χ1n) is 8.32. The van der Waals surface area contributed by atoms with E-state index in [1.807, 2.05) is 35.1 Å². The van der Waals surface area contributed by atoms with E-state index >= 15 is 0 Å². The predicted octanol–water partition coefficient (Wildman–Crippen LogP) is 2.81. The number of amides is 2. The van der Waals surface area contributed by atoms with Crippen LogP contribution in [0.4, 0.5) is 0 Å². The highest BCUT2D eigenvalue weighted by Gasteiger charge is 2.21. The van der Waals surface area contributed by atoms with Crippen LogP contribution in [0.25, 0.3) is 0 Å². The lowest BCUT2D eigenvalue weighted by Gasteiger charge is -2.22. The van der Waals surface area contributed by atoms with Crippen molar-refractivity contribution in [2.45, 2.75) is 37.5 Å². The Labute approximate surface area is 143 Å². The topological polar surface area (TPSA) is 40.6 Å². The van der Waals surface area contributed by atoms with Gasteiger partial charge in [0.1, 0.15) is 0 Å². The molecule has 0 bridgehead atoms. The van der Waals surface area contributed by atoms with Crippen LogP contribution in [0.15, 0.2) is 29.2 Å². The summed E-state index contributed by atoms with van der Waals surface area (Å²) in [4.78, 5) is 29.5. The summed E-state index contributed by atoms with van der Waals surface area (Å²) < 4.78 is 0. The minimum absolute atomic E-state index is 0.159. The Hall–Kier alpha value is -1.49. The van der Waals surface area contributed by atoms with Gasteiger partial charge in [-0.3, -0.25) is 9.59 Å². The molecule has 0 spiro atoms.